The molecule has 154 valence electrons. The van der Waals surface area contributed by atoms with Crippen molar-refractivity contribution in [1.29, 1.82) is 0 Å². The molecule has 2 fully saturated rings. The summed E-state index contributed by atoms with van der Waals surface area (Å²) in [4.78, 5) is 27.1. The summed E-state index contributed by atoms with van der Waals surface area (Å²) in [5, 5.41) is 2.93. The van der Waals surface area contributed by atoms with E-state index in [9.17, 15) is 18.0 Å². The summed E-state index contributed by atoms with van der Waals surface area (Å²) in [5.41, 5.74) is 0.997. The van der Waals surface area contributed by atoms with Gasteiger partial charge in [-0.3, -0.25) is 4.79 Å². The van der Waals surface area contributed by atoms with Gasteiger partial charge in [-0.25, -0.2) is 13.2 Å². The van der Waals surface area contributed by atoms with Crippen molar-refractivity contribution in [3.63, 3.8) is 0 Å². The van der Waals surface area contributed by atoms with Crippen molar-refractivity contribution in [3.05, 3.63) is 29.8 Å². The van der Waals surface area contributed by atoms with E-state index >= 15 is 0 Å². The average Bonchev–Trinajstić information content (AvgIpc) is 3.06. The van der Waals surface area contributed by atoms with Gasteiger partial charge in [0.15, 0.2) is 16.4 Å². The topological polar surface area (TPSA) is 92.8 Å². The van der Waals surface area contributed by atoms with Gasteiger partial charge in [-0.1, -0.05) is 31.4 Å². The molecule has 1 unspecified atom stereocenters. The second kappa shape index (κ2) is 8.94. The minimum atomic E-state index is -3.11. The zero-order valence-electron chi connectivity index (χ0n) is 16.2. The molecular formula is C20H28N2O5S. The van der Waals surface area contributed by atoms with Crippen molar-refractivity contribution in [2.24, 2.45) is 0 Å². The van der Waals surface area contributed by atoms with Gasteiger partial charge in [0.25, 0.3) is 5.91 Å². The number of carbonyl (C=O) groups is 2. The fraction of sp³-hybridized carbons (Fsp3) is 0.600. The molecule has 1 N–H and O–H groups in total. The predicted octanol–water partition coefficient (Wildman–Crippen LogP) is 2.23. The molecule has 0 spiro atoms. The average molecular weight is 409 g/mol. The van der Waals surface area contributed by atoms with Crippen LogP contribution in [0, 0.1) is 0 Å². The van der Waals surface area contributed by atoms with Crippen LogP contribution in [-0.4, -0.2) is 62.4 Å². The van der Waals surface area contributed by atoms with Gasteiger partial charge >= 0.3 is 5.97 Å². The molecule has 0 aromatic heterocycles. The lowest BCUT2D eigenvalue weighted by Gasteiger charge is -2.38. The zero-order valence-corrected chi connectivity index (χ0v) is 17.0. The summed E-state index contributed by atoms with van der Waals surface area (Å²) in [6, 6.07) is 6.65. The molecule has 28 heavy (non-hydrogen) atoms. The van der Waals surface area contributed by atoms with Crippen LogP contribution < -0.4 is 5.32 Å². The van der Waals surface area contributed by atoms with Crippen molar-refractivity contribution in [2.45, 2.75) is 50.6 Å². The lowest BCUT2D eigenvalue weighted by Crippen LogP contribution is -2.50. The summed E-state index contributed by atoms with van der Waals surface area (Å²) in [5.74, 6) is -0.750. The minimum Gasteiger partial charge on any atom is -0.452 e. The smallest absolute Gasteiger partial charge is 0.340 e. The van der Waals surface area contributed by atoms with Crippen LogP contribution >= 0.6 is 0 Å². The van der Waals surface area contributed by atoms with Crippen LogP contribution in [-0.2, 0) is 19.4 Å². The third-order valence-electron chi connectivity index (χ3n) is 5.60. The number of amides is 1. The van der Waals surface area contributed by atoms with E-state index in [2.05, 4.69) is 5.32 Å². The first-order valence-corrected chi connectivity index (χ1v) is 11.7. The van der Waals surface area contributed by atoms with E-state index in [1.54, 1.807) is 36.2 Å². The SMILES string of the molecule is CNc1ccccc1C(=O)OCC(=O)N(C1CCCCC1)C1CCS(=O)(=O)C1. The molecule has 1 aromatic rings. The number of sulfone groups is 1. The molecule has 3 rings (SSSR count). The minimum absolute atomic E-state index is 0.00573. The van der Waals surface area contributed by atoms with E-state index in [-0.39, 0.29) is 36.1 Å². The Morgan fingerprint density at radius 3 is 2.46 bits per heavy atom. The highest BCUT2D eigenvalue weighted by Crippen LogP contribution is 2.28. The lowest BCUT2D eigenvalue weighted by atomic mass is 9.93. The van der Waals surface area contributed by atoms with Gasteiger partial charge in [-0.15, -0.1) is 0 Å². The van der Waals surface area contributed by atoms with Gasteiger partial charge in [0.1, 0.15) is 0 Å². The van der Waals surface area contributed by atoms with Crippen molar-refractivity contribution in [2.75, 3.05) is 30.5 Å². The van der Waals surface area contributed by atoms with E-state index in [0.29, 0.717) is 17.7 Å². The highest BCUT2D eigenvalue weighted by atomic mass is 32.2. The molecule has 8 heteroatoms. The number of anilines is 1. The molecule has 1 saturated heterocycles. The Kier molecular flexibility index (Phi) is 6.59. The summed E-state index contributed by atoms with van der Waals surface area (Å²) in [7, 11) is -1.39. The molecule has 0 radical (unpaired) electrons. The third kappa shape index (κ3) is 4.84. The quantitative estimate of drug-likeness (QED) is 0.726. The molecule has 0 bridgehead atoms. The second-order valence-electron chi connectivity index (χ2n) is 7.52. The van der Waals surface area contributed by atoms with Gasteiger partial charge < -0.3 is 15.0 Å². The second-order valence-corrected chi connectivity index (χ2v) is 9.75. The van der Waals surface area contributed by atoms with Gasteiger partial charge in [-0.05, 0) is 31.4 Å². The van der Waals surface area contributed by atoms with Gasteiger partial charge in [0, 0.05) is 24.8 Å². The number of hydrogen-bond donors (Lipinski definition) is 1. The maximum Gasteiger partial charge on any atom is 0.340 e. The zero-order chi connectivity index (χ0) is 20.1. The van der Waals surface area contributed by atoms with Crippen LogP contribution in [0.2, 0.25) is 0 Å². The fourth-order valence-corrected chi connectivity index (χ4v) is 5.93. The Labute approximate surface area is 166 Å². The van der Waals surface area contributed by atoms with Crippen molar-refractivity contribution < 1.29 is 22.7 Å². The number of para-hydroxylation sites is 1. The highest BCUT2D eigenvalue weighted by molar-refractivity contribution is 7.91. The molecule has 1 atom stereocenters. The molecule has 1 saturated carbocycles. The normalized spacial score (nSPS) is 21.8. The van der Waals surface area contributed by atoms with Crippen LogP contribution in [0.1, 0.15) is 48.9 Å². The van der Waals surface area contributed by atoms with Crippen molar-refractivity contribution >= 4 is 27.4 Å². The van der Waals surface area contributed by atoms with E-state index < -0.39 is 15.8 Å². The summed E-state index contributed by atoms with van der Waals surface area (Å²) < 4.78 is 29.2. The molecule has 1 amide bonds. The molecule has 1 aliphatic carbocycles. The van der Waals surface area contributed by atoms with E-state index in [1.165, 1.54) is 0 Å². The molecule has 7 nitrogen and oxygen atoms in total. The number of benzene rings is 1. The van der Waals surface area contributed by atoms with E-state index in [4.69, 9.17) is 4.74 Å². The van der Waals surface area contributed by atoms with Crippen LogP contribution in [0.5, 0.6) is 0 Å². The first kappa shape index (κ1) is 20.6. The number of ether oxygens (including phenoxy) is 1. The predicted molar refractivity (Wildman–Crippen MR) is 107 cm³/mol. The largest absolute Gasteiger partial charge is 0.452 e. The number of hydrogen-bond acceptors (Lipinski definition) is 6. The maximum atomic E-state index is 13.0. The number of esters is 1. The van der Waals surface area contributed by atoms with Gasteiger partial charge in [-0.2, -0.15) is 0 Å². The van der Waals surface area contributed by atoms with Crippen molar-refractivity contribution in [1.82, 2.24) is 4.90 Å². The Morgan fingerprint density at radius 2 is 1.82 bits per heavy atom. The third-order valence-corrected chi connectivity index (χ3v) is 7.35. The Morgan fingerprint density at radius 1 is 1.11 bits per heavy atom. The Balaban J connectivity index is 1.69. The van der Waals surface area contributed by atoms with Crippen LogP contribution in [0.3, 0.4) is 0 Å². The van der Waals surface area contributed by atoms with Crippen LogP contribution in [0.25, 0.3) is 0 Å². The highest BCUT2D eigenvalue weighted by Gasteiger charge is 2.38. The van der Waals surface area contributed by atoms with E-state index in [1.807, 2.05) is 0 Å². The standard InChI is InChI=1S/C20H28N2O5S/c1-21-18-10-6-5-9-17(18)20(24)27-13-19(23)22(15-7-3-2-4-8-15)16-11-12-28(25,26)14-16/h5-6,9-10,15-16,21H,2-4,7-8,11-14H2,1H3. The van der Waals surface area contributed by atoms with Crippen LogP contribution in [0.15, 0.2) is 24.3 Å². The number of carbonyl (C=O) groups excluding carboxylic acids is 2. The fourth-order valence-electron chi connectivity index (χ4n) is 4.22. The molecule has 1 aliphatic heterocycles. The molecule has 1 aromatic carbocycles. The molecule has 1 heterocycles. The molecule has 2 aliphatic rings. The van der Waals surface area contributed by atoms with Gasteiger partial charge in [0.05, 0.1) is 17.1 Å². The number of nitrogens with zero attached hydrogens (tertiary/aromatic N) is 1. The first-order valence-electron chi connectivity index (χ1n) is 9.87. The first-order chi connectivity index (χ1) is 13.4. The number of nitrogens with one attached hydrogen (secondary N) is 1. The molecular weight excluding hydrogens is 380 g/mol. The van der Waals surface area contributed by atoms with Crippen LogP contribution in [0.4, 0.5) is 5.69 Å². The van der Waals surface area contributed by atoms with Crippen molar-refractivity contribution in [3.8, 4) is 0 Å². The summed E-state index contributed by atoms with van der Waals surface area (Å²) >= 11 is 0. The lowest BCUT2D eigenvalue weighted by molar-refractivity contribution is -0.140. The summed E-state index contributed by atoms with van der Waals surface area (Å²) in [6.45, 7) is -0.371. The van der Waals surface area contributed by atoms with Gasteiger partial charge in [0.2, 0.25) is 0 Å². The monoisotopic (exact) mass is 408 g/mol. The van der Waals surface area contributed by atoms with E-state index in [0.717, 1.165) is 32.1 Å². The maximum absolute atomic E-state index is 13.0. The number of rotatable bonds is 6. The summed E-state index contributed by atoms with van der Waals surface area (Å²) in [6.07, 6.45) is 5.41. The Hall–Kier alpha value is -2.09. The Bertz CT molecular complexity index is 818.